The molecule has 1 aromatic rings. The van der Waals surface area contributed by atoms with E-state index in [0.29, 0.717) is 6.42 Å². The first kappa shape index (κ1) is 9.11. The number of nitrogens with zero attached hydrogens (tertiary/aromatic N) is 1. The van der Waals surface area contributed by atoms with Gasteiger partial charge >= 0.3 is 10.4 Å². The van der Waals surface area contributed by atoms with Crippen molar-refractivity contribution >= 4 is 21.7 Å². The van der Waals surface area contributed by atoms with E-state index in [1.54, 1.807) is 11.3 Å². The molecule has 0 aliphatic carbocycles. The fourth-order valence-corrected chi connectivity index (χ4v) is 2.90. The van der Waals surface area contributed by atoms with Crippen molar-refractivity contribution in [2.45, 2.75) is 13.0 Å². The second-order valence-electron chi connectivity index (χ2n) is 2.89. The summed E-state index contributed by atoms with van der Waals surface area (Å²) in [4.78, 5) is 1.17. The van der Waals surface area contributed by atoms with Crippen LogP contribution in [0, 0.1) is 0 Å². The van der Waals surface area contributed by atoms with E-state index >= 15 is 0 Å². The molecule has 2 heterocycles. The van der Waals surface area contributed by atoms with E-state index in [9.17, 15) is 12.3 Å². The first-order valence-corrected chi connectivity index (χ1v) is 6.04. The van der Waals surface area contributed by atoms with Gasteiger partial charge in [-0.1, -0.05) is 3.89 Å². The zero-order chi connectivity index (χ0) is 9.47. The van der Waals surface area contributed by atoms with Crippen molar-refractivity contribution in [3.8, 4) is 0 Å². The Balaban J connectivity index is 2.27. The summed E-state index contributed by atoms with van der Waals surface area (Å²) in [5, 5.41) is 1.90. The second-order valence-corrected chi connectivity index (χ2v) is 5.24. The van der Waals surface area contributed by atoms with Gasteiger partial charge in [0.05, 0.1) is 0 Å². The lowest BCUT2D eigenvalue weighted by molar-refractivity contribution is 0.369. The van der Waals surface area contributed by atoms with Gasteiger partial charge in [0, 0.05) is 18.0 Å². The molecule has 0 saturated heterocycles. The average molecular weight is 221 g/mol. The van der Waals surface area contributed by atoms with E-state index in [4.69, 9.17) is 0 Å². The van der Waals surface area contributed by atoms with E-state index in [1.807, 2.05) is 11.4 Å². The molecule has 1 aliphatic rings. The molecule has 1 aliphatic heterocycles. The maximum Gasteiger partial charge on any atom is 0.375 e. The van der Waals surface area contributed by atoms with Gasteiger partial charge in [0.2, 0.25) is 0 Å². The van der Waals surface area contributed by atoms with Crippen molar-refractivity contribution in [1.29, 1.82) is 0 Å². The number of hydrogen-bond donors (Lipinski definition) is 0. The Hall–Kier alpha value is -0.460. The van der Waals surface area contributed by atoms with Gasteiger partial charge in [-0.25, -0.2) is 0 Å². The van der Waals surface area contributed by atoms with Crippen LogP contribution in [0.5, 0.6) is 0 Å². The molecule has 0 aromatic carbocycles. The van der Waals surface area contributed by atoms with Crippen molar-refractivity contribution in [3.63, 3.8) is 0 Å². The van der Waals surface area contributed by atoms with Crippen molar-refractivity contribution in [1.82, 2.24) is 4.31 Å². The zero-order valence-corrected chi connectivity index (χ0v) is 8.37. The molecule has 3 nitrogen and oxygen atoms in total. The summed E-state index contributed by atoms with van der Waals surface area (Å²) in [7, 11) is -4.51. The largest absolute Gasteiger partial charge is 0.375 e. The summed E-state index contributed by atoms with van der Waals surface area (Å²) in [6.45, 7) is 0.435. The van der Waals surface area contributed by atoms with Gasteiger partial charge in [-0.3, -0.25) is 0 Å². The van der Waals surface area contributed by atoms with Crippen molar-refractivity contribution < 1.29 is 12.3 Å². The summed E-state index contributed by atoms with van der Waals surface area (Å²) in [5.74, 6) is 0. The highest BCUT2D eigenvalue weighted by atomic mass is 32.3. The molecule has 0 amide bonds. The van der Waals surface area contributed by atoms with E-state index in [0.717, 1.165) is 9.87 Å². The zero-order valence-electron chi connectivity index (χ0n) is 6.73. The summed E-state index contributed by atoms with van der Waals surface area (Å²) < 4.78 is 34.6. The molecule has 0 bridgehead atoms. The van der Waals surface area contributed by atoms with Gasteiger partial charge in [0.15, 0.2) is 0 Å². The number of rotatable bonds is 1. The lowest BCUT2D eigenvalue weighted by Crippen LogP contribution is -2.32. The fraction of sp³-hybridized carbons (Fsp3) is 0.429. The number of fused-ring (bicyclic) bond motifs is 1. The predicted molar refractivity (Wildman–Crippen MR) is 48.5 cm³/mol. The summed E-state index contributed by atoms with van der Waals surface area (Å²) in [6.07, 6.45) is 0.621. The molecule has 6 heteroatoms. The van der Waals surface area contributed by atoms with Gasteiger partial charge < -0.3 is 0 Å². The third-order valence-corrected chi connectivity index (χ3v) is 4.03. The van der Waals surface area contributed by atoms with E-state index in [-0.39, 0.29) is 13.1 Å². The van der Waals surface area contributed by atoms with E-state index in [1.165, 1.54) is 4.88 Å². The van der Waals surface area contributed by atoms with Crippen LogP contribution in [0.15, 0.2) is 11.4 Å². The first-order chi connectivity index (χ1) is 6.07. The van der Waals surface area contributed by atoms with Gasteiger partial charge in [-0.05, 0) is 23.4 Å². The van der Waals surface area contributed by atoms with Crippen molar-refractivity contribution in [2.24, 2.45) is 0 Å². The van der Waals surface area contributed by atoms with Gasteiger partial charge in [0.25, 0.3) is 0 Å². The van der Waals surface area contributed by atoms with Crippen LogP contribution in [0.4, 0.5) is 3.89 Å². The van der Waals surface area contributed by atoms with Crippen LogP contribution in [-0.2, 0) is 23.4 Å². The van der Waals surface area contributed by atoms with Crippen LogP contribution >= 0.6 is 11.3 Å². The Labute approximate surface area is 80.1 Å². The van der Waals surface area contributed by atoms with Gasteiger partial charge in [0.1, 0.15) is 0 Å². The Morgan fingerprint density at radius 1 is 1.54 bits per heavy atom. The molecular formula is C7H8FNO2S2. The maximum atomic E-state index is 12.6. The lowest BCUT2D eigenvalue weighted by Gasteiger charge is -2.21. The monoisotopic (exact) mass is 221 g/mol. The maximum absolute atomic E-state index is 12.6. The minimum Gasteiger partial charge on any atom is -0.177 e. The standard InChI is InChI=1S/C7H8FNO2S2/c8-13(10,11)9-3-1-7-6(5-9)2-4-12-7/h2,4H,1,3,5H2. The average Bonchev–Trinajstić information content (AvgIpc) is 2.47. The molecule has 13 heavy (non-hydrogen) atoms. The minimum atomic E-state index is -4.51. The Bertz CT molecular complexity index is 412. The number of thiophene rings is 1. The van der Waals surface area contributed by atoms with Crippen LogP contribution in [0.3, 0.4) is 0 Å². The Morgan fingerprint density at radius 3 is 3.00 bits per heavy atom. The Kier molecular flexibility index (Phi) is 2.13. The van der Waals surface area contributed by atoms with Gasteiger partial charge in [-0.2, -0.15) is 12.7 Å². The SMILES string of the molecule is O=S(=O)(F)N1CCc2sccc2C1. The molecule has 0 N–H and O–H groups in total. The van der Waals surface area contributed by atoms with Crippen LogP contribution in [-0.4, -0.2) is 19.3 Å². The molecule has 2 rings (SSSR count). The molecule has 1 aromatic heterocycles. The molecule has 0 atom stereocenters. The van der Waals surface area contributed by atoms with Crippen LogP contribution in [0.2, 0.25) is 0 Å². The Morgan fingerprint density at radius 2 is 2.31 bits per heavy atom. The summed E-state index contributed by atoms with van der Waals surface area (Å²) in [6, 6.07) is 1.84. The van der Waals surface area contributed by atoms with E-state index in [2.05, 4.69) is 0 Å². The van der Waals surface area contributed by atoms with Crippen molar-refractivity contribution in [3.05, 3.63) is 21.9 Å². The minimum absolute atomic E-state index is 0.178. The summed E-state index contributed by atoms with van der Waals surface area (Å²) in [5.41, 5.74) is 0.928. The fourth-order valence-electron chi connectivity index (χ4n) is 1.41. The highest BCUT2D eigenvalue weighted by molar-refractivity contribution is 7.83. The predicted octanol–water partition coefficient (Wildman–Crippen LogP) is 1.32. The van der Waals surface area contributed by atoms with Crippen LogP contribution in [0.1, 0.15) is 10.4 Å². The first-order valence-electron chi connectivity index (χ1n) is 3.82. The molecule has 0 spiro atoms. The quantitative estimate of drug-likeness (QED) is 0.671. The topological polar surface area (TPSA) is 37.4 Å². The second kappa shape index (κ2) is 3.04. The number of hydrogen-bond acceptors (Lipinski definition) is 3. The van der Waals surface area contributed by atoms with Crippen LogP contribution in [0.25, 0.3) is 0 Å². The molecular weight excluding hydrogens is 213 g/mol. The van der Waals surface area contributed by atoms with Gasteiger partial charge in [-0.15, -0.1) is 11.3 Å². The normalized spacial score (nSPS) is 18.5. The van der Waals surface area contributed by atoms with E-state index < -0.39 is 10.4 Å². The third kappa shape index (κ3) is 1.74. The molecule has 72 valence electrons. The lowest BCUT2D eigenvalue weighted by atomic mass is 10.1. The van der Waals surface area contributed by atoms with Crippen LogP contribution < -0.4 is 0 Å². The number of halogens is 1. The highest BCUT2D eigenvalue weighted by Gasteiger charge is 2.26. The molecule has 0 unspecified atom stereocenters. The summed E-state index contributed by atoms with van der Waals surface area (Å²) >= 11 is 1.59. The van der Waals surface area contributed by atoms with Crippen molar-refractivity contribution in [2.75, 3.05) is 6.54 Å². The third-order valence-electron chi connectivity index (χ3n) is 2.08. The molecule has 0 saturated carbocycles. The smallest absolute Gasteiger partial charge is 0.177 e. The highest BCUT2D eigenvalue weighted by Crippen LogP contribution is 2.25. The molecule has 0 fully saturated rings. The molecule has 0 radical (unpaired) electrons.